The molecule has 0 aliphatic heterocycles. The second kappa shape index (κ2) is 5.80. The van der Waals surface area contributed by atoms with Crippen molar-refractivity contribution in [2.45, 2.75) is 58.6 Å². The summed E-state index contributed by atoms with van der Waals surface area (Å²) in [6, 6.07) is 0. The first-order chi connectivity index (χ1) is 8.24. The fourth-order valence-corrected chi connectivity index (χ4v) is 1.39. The molecule has 0 radical (unpaired) electrons. The van der Waals surface area contributed by atoms with Gasteiger partial charge in [-0.25, -0.2) is 0 Å². The number of hydrogen-bond donors (Lipinski definition) is 1. The van der Waals surface area contributed by atoms with Crippen molar-refractivity contribution in [3.63, 3.8) is 0 Å². The van der Waals surface area contributed by atoms with Crippen molar-refractivity contribution < 1.29 is 9.15 Å². The summed E-state index contributed by atoms with van der Waals surface area (Å²) in [7, 11) is 1.64. The average molecular weight is 255 g/mol. The zero-order chi connectivity index (χ0) is 13.8. The lowest BCUT2D eigenvalue weighted by Crippen LogP contribution is -2.36. The first kappa shape index (κ1) is 15.1. The van der Waals surface area contributed by atoms with E-state index in [1.54, 1.807) is 7.11 Å². The van der Waals surface area contributed by atoms with E-state index in [0.717, 1.165) is 19.4 Å². The molecule has 1 aromatic heterocycles. The summed E-state index contributed by atoms with van der Waals surface area (Å²) in [4.78, 5) is 0. The molecule has 0 atom stereocenters. The minimum absolute atomic E-state index is 0.151. The topological polar surface area (TPSA) is 60.2 Å². The van der Waals surface area contributed by atoms with Gasteiger partial charge in [0.05, 0.1) is 0 Å². The van der Waals surface area contributed by atoms with Gasteiger partial charge in [0.1, 0.15) is 5.60 Å². The van der Waals surface area contributed by atoms with Gasteiger partial charge in [0.25, 0.3) is 0 Å². The van der Waals surface area contributed by atoms with Gasteiger partial charge < -0.3 is 14.5 Å². The number of aryl methyl sites for hydroxylation is 1. The van der Waals surface area contributed by atoms with Gasteiger partial charge >= 0.3 is 0 Å². The van der Waals surface area contributed by atoms with Gasteiger partial charge in [0.2, 0.25) is 11.8 Å². The van der Waals surface area contributed by atoms with Crippen LogP contribution in [0.5, 0.6) is 0 Å². The number of nitrogens with zero attached hydrogens (tertiary/aromatic N) is 2. The van der Waals surface area contributed by atoms with Crippen molar-refractivity contribution >= 4 is 0 Å². The Morgan fingerprint density at radius 2 is 1.83 bits per heavy atom. The van der Waals surface area contributed by atoms with Gasteiger partial charge in [-0.05, 0) is 47.6 Å². The molecule has 5 nitrogen and oxygen atoms in total. The smallest absolute Gasteiger partial charge is 0.247 e. The highest BCUT2D eigenvalue weighted by Gasteiger charge is 2.26. The maximum absolute atomic E-state index is 5.60. The zero-order valence-electron chi connectivity index (χ0n) is 12.3. The van der Waals surface area contributed by atoms with Gasteiger partial charge in [-0.3, -0.25) is 0 Å². The van der Waals surface area contributed by atoms with Crippen LogP contribution < -0.4 is 5.32 Å². The SMILES string of the molecule is COC(C)(C)c1nnc(CCCNC(C)(C)C)o1. The Balaban J connectivity index is 2.41. The molecule has 0 amide bonds. The standard InChI is InChI=1S/C13H25N3O2/c1-12(2,3)14-9-7-8-10-15-16-11(18-10)13(4,5)17-6/h14H,7-9H2,1-6H3. The van der Waals surface area contributed by atoms with E-state index in [4.69, 9.17) is 9.15 Å². The van der Waals surface area contributed by atoms with Gasteiger partial charge in [0, 0.05) is 19.1 Å². The fraction of sp³-hybridized carbons (Fsp3) is 0.846. The summed E-state index contributed by atoms with van der Waals surface area (Å²) in [6.07, 6.45) is 1.77. The van der Waals surface area contributed by atoms with Crippen molar-refractivity contribution in [1.82, 2.24) is 15.5 Å². The molecule has 0 aromatic carbocycles. The molecule has 0 saturated heterocycles. The fourth-order valence-electron chi connectivity index (χ4n) is 1.39. The Labute approximate surface area is 109 Å². The van der Waals surface area contributed by atoms with E-state index in [-0.39, 0.29) is 5.54 Å². The van der Waals surface area contributed by atoms with Gasteiger partial charge in [-0.1, -0.05) is 0 Å². The highest BCUT2D eigenvalue weighted by molar-refractivity contribution is 4.93. The van der Waals surface area contributed by atoms with E-state index >= 15 is 0 Å². The monoisotopic (exact) mass is 255 g/mol. The summed E-state index contributed by atoms with van der Waals surface area (Å²) >= 11 is 0. The Hall–Kier alpha value is -0.940. The van der Waals surface area contributed by atoms with Crippen LogP contribution in [0.15, 0.2) is 4.42 Å². The largest absolute Gasteiger partial charge is 0.422 e. The molecule has 0 unspecified atom stereocenters. The molecule has 0 fully saturated rings. The molecular weight excluding hydrogens is 230 g/mol. The van der Waals surface area contributed by atoms with Crippen LogP contribution in [0.3, 0.4) is 0 Å². The molecule has 1 heterocycles. The summed E-state index contributed by atoms with van der Waals surface area (Å²) in [5.41, 5.74) is -0.368. The van der Waals surface area contributed by atoms with E-state index in [0.29, 0.717) is 11.8 Å². The molecule has 0 spiro atoms. The van der Waals surface area contributed by atoms with Crippen LogP contribution in [-0.2, 0) is 16.8 Å². The lowest BCUT2D eigenvalue weighted by molar-refractivity contribution is -0.00453. The van der Waals surface area contributed by atoms with E-state index in [9.17, 15) is 0 Å². The zero-order valence-corrected chi connectivity index (χ0v) is 12.3. The molecule has 0 bridgehead atoms. The molecule has 5 heteroatoms. The third-order valence-corrected chi connectivity index (χ3v) is 2.71. The number of nitrogens with one attached hydrogen (secondary N) is 1. The molecule has 104 valence electrons. The quantitative estimate of drug-likeness (QED) is 0.790. The molecule has 0 aliphatic carbocycles. The lowest BCUT2D eigenvalue weighted by atomic mass is 10.1. The van der Waals surface area contributed by atoms with Crippen LogP contribution >= 0.6 is 0 Å². The van der Waals surface area contributed by atoms with E-state index in [2.05, 4.69) is 36.3 Å². The van der Waals surface area contributed by atoms with Crippen molar-refractivity contribution in [2.24, 2.45) is 0 Å². The van der Waals surface area contributed by atoms with Gasteiger partial charge in [-0.2, -0.15) is 0 Å². The summed E-state index contributed by atoms with van der Waals surface area (Å²) < 4.78 is 10.9. The van der Waals surface area contributed by atoms with Crippen molar-refractivity contribution in [3.8, 4) is 0 Å². The van der Waals surface area contributed by atoms with Crippen LogP contribution in [0, 0.1) is 0 Å². The minimum atomic E-state index is -0.519. The summed E-state index contributed by atoms with van der Waals surface area (Å²) in [5.74, 6) is 1.20. The van der Waals surface area contributed by atoms with Crippen LogP contribution in [0.25, 0.3) is 0 Å². The van der Waals surface area contributed by atoms with Crippen LogP contribution in [0.4, 0.5) is 0 Å². The molecule has 0 saturated carbocycles. The Bertz CT molecular complexity index is 367. The van der Waals surface area contributed by atoms with E-state index < -0.39 is 5.60 Å². The Morgan fingerprint density at radius 3 is 2.39 bits per heavy atom. The highest BCUT2D eigenvalue weighted by Crippen LogP contribution is 2.22. The molecule has 1 N–H and O–H groups in total. The van der Waals surface area contributed by atoms with Crippen molar-refractivity contribution in [3.05, 3.63) is 11.8 Å². The van der Waals surface area contributed by atoms with Gasteiger partial charge in [-0.15, -0.1) is 10.2 Å². The maximum atomic E-state index is 5.60. The number of aromatic nitrogens is 2. The predicted octanol–water partition coefficient (Wildman–Crippen LogP) is 2.27. The van der Waals surface area contributed by atoms with Crippen LogP contribution in [-0.4, -0.2) is 29.4 Å². The Morgan fingerprint density at radius 1 is 1.17 bits per heavy atom. The van der Waals surface area contributed by atoms with E-state index in [1.165, 1.54) is 0 Å². The molecule has 1 aromatic rings. The minimum Gasteiger partial charge on any atom is -0.422 e. The lowest BCUT2D eigenvalue weighted by Gasteiger charge is -2.20. The van der Waals surface area contributed by atoms with Crippen LogP contribution in [0.2, 0.25) is 0 Å². The highest BCUT2D eigenvalue weighted by atomic mass is 16.5. The molecular formula is C13H25N3O2. The first-order valence-electron chi connectivity index (χ1n) is 6.37. The predicted molar refractivity (Wildman–Crippen MR) is 70.4 cm³/mol. The average Bonchev–Trinajstić information content (AvgIpc) is 2.72. The molecule has 18 heavy (non-hydrogen) atoms. The normalized spacial score (nSPS) is 13.0. The number of ether oxygens (including phenoxy) is 1. The van der Waals surface area contributed by atoms with Crippen LogP contribution in [0.1, 0.15) is 52.8 Å². The third-order valence-electron chi connectivity index (χ3n) is 2.71. The maximum Gasteiger partial charge on any atom is 0.247 e. The molecule has 1 rings (SSSR count). The first-order valence-corrected chi connectivity index (χ1v) is 6.37. The number of rotatable bonds is 6. The van der Waals surface area contributed by atoms with Crippen molar-refractivity contribution in [1.29, 1.82) is 0 Å². The van der Waals surface area contributed by atoms with Crippen molar-refractivity contribution in [2.75, 3.05) is 13.7 Å². The number of hydrogen-bond acceptors (Lipinski definition) is 5. The second-order valence-electron chi connectivity index (χ2n) is 6.00. The summed E-state index contributed by atoms with van der Waals surface area (Å²) in [6.45, 7) is 11.2. The van der Waals surface area contributed by atoms with Gasteiger partial charge in [0.15, 0.2) is 0 Å². The summed E-state index contributed by atoms with van der Waals surface area (Å²) in [5, 5.41) is 11.5. The second-order valence-corrected chi connectivity index (χ2v) is 6.00. The Kier molecular flexibility index (Phi) is 4.87. The molecule has 0 aliphatic rings. The number of methoxy groups -OCH3 is 1. The van der Waals surface area contributed by atoms with E-state index in [1.807, 2.05) is 13.8 Å². The third kappa shape index (κ3) is 4.74.